The van der Waals surface area contributed by atoms with Crippen molar-refractivity contribution in [2.45, 2.75) is 18.0 Å². The molecule has 0 aliphatic carbocycles. The van der Waals surface area contributed by atoms with Gasteiger partial charge in [0.2, 0.25) is 5.78 Å². The quantitative estimate of drug-likeness (QED) is 0.256. The maximum absolute atomic E-state index is 12.6. The maximum Gasteiger partial charge on any atom is 0.270 e. The number of nitrogens with zero attached hydrogens (tertiary/aromatic N) is 1. The van der Waals surface area contributed by atoms with E-state index in [4.69, 9.17) is 4.74 Å². The molecule has 1 N–H and O–H groups in total. The van der Waals surface area contributed by atoms with Gasteiger partial charge in [0.1, 0.15) is 0 Å². The molecule has 2 rings (SSSR count). The van der Waals surface area contributed by atoms with Gasteiger partial charge < -0.3 is 10.1 Å². The molecule has 0 saturated heterocycles. The molecule has 0 bridgehead atoms. The molecule has 0 amide bonds. The van der Waals surface area contributed by atoms with Crippen molar-refractivity contribution in [3.63, 3.8) is 0 Å². The second kappa shape index (κ2) is 8.47. The summed E-state index contributed by atoms with van der Waals surface area (Å²) in [5.74, 6) is -0.352. The minimum atomic E-state index is -0.905. The number of carbonyl (C=O) groups excluding carboxylic acids is 1. The van der Waals surface area contributed by atoms with Gasteiger partial charge in [-0.25, -0.2) is 0 Å². The number of hydrogen-bond acceptors (Lipinski definition) is 6. The number of nitrogens with one attached hydrogen (secondary N) is 1. The summed E-state index contributed by atoms with van der Waals surface area (Å²) in [6.07, 6.45) is 1.08. The summed E-state index contributed by atoms with van der Waals surface area (Å²) >= 11 is 1.62. The summed E-state index contributed by atoms with van der Waals surface area (Å²) < 4.78 is 5.48. The molecule has 1 atom stereocenters. The highest BCUT2D eigenvalue weighted by Crippen LogP contribution is 2.20. The van der Waals surface area contributed by atoms with Crippen molar-refractivity contribution in [2.24, 2.45) is 0 Å². The first-order valence-electron chi connectivity index (χ1n) is 7.36. The third-order valence-electron chi connectivity index (χ3n) is 3.30. The second-order valence-corrected chi connectivity index (χ2v) is 5.76. The largest absolute Gasteiger partial charge is 0.354 e. The SMILES string of the molecule is CCOC(Nc1ccc(SC)cc1)C(=O)c1cccc([N+](=O)[O-])c1. The first-order valence-corrected chi connectivity index (χ1v) is 8.58. The van der Waals surface area contributed by atoms with Gasteiger partial charge >= 0.3 is 0 Å². The number of anilines is 1. The number of non-ortho nitro benzene ring substituents is 1. The molecule has 0 saturated carbocycles. The zero-order valence-electron chi connectivity index (χ0n) is 13.4. The molecule has 0 aliphatic rings. The summed E-state index contributed by atoms with van der Waals surface area (Å²) in [6.45, 7) is 2.12. The lowest BCUT2D eigenvalue weighted by atomic mass is 10.1. The van der Waals surface area contributed by atoms with Crippen LogP contribution in [-0.4, -0.2) is 29.8 Å². The van der Waals surface area contributed by atoms with Crippen molar-refractivity contribution in [2.75, 3.05) is 18.2 Å². The van der Waals surface area contributed by atoms with Crippen LogP contribution < -0.4 is 5.32 Å². The highest BCUT2D eigenvalue weighted by molar-refractivity contribution is 7.98. The summed E-state index contributed by atoms with van der Waals surface area (Å²) in [5.41, 5.74) is 0.848. The molecular formula is C17H18N2O4S. The molecule has 2 aromatic carbocycles. The van der Waals surface area contributed by atoms with Crippen molar-refractivity contribution in [1.29, 1.82) is 0 Å². The van der Waals surface area contributed by atoms with Crippen molar-refractivity contribution in [3.8, 4) is 0 Å². The molecule has 24 heavy (non-hydrogen) atoms. The molecule has 7 heteroatoms. The lowest BCUT2D eigenvalue weighted by Gasteiger charge is -2.19. The Morgan fingerprint density at radius 2 is 2.00 bits per heavy atom. The fourth-order valence-corrected chi connectivity index (χ4v) is 2.52. The van der Waals surface area contributed by atoms with Crippen LogP contribution in [0.25, 0.3) is 0 Å². The lowest BCUT2D eigenvalue weighted by molar-refractivity contribution is -0.384. The second-order valence-electron chi connectivity index (χ2n) is 4.88. The van der Waals surface area contributed by atoms with Gasteiger partial charge in [0.05, 0.1) is 4.92 Å². The number of rotatable bonds is 8. The van der Waals surface area contributed by atoms with Gasteiger partial charge in [-0.2, -0.15) is 0 Å². The van der Waals surface area contributed by atoms with Gasteiger partial charge in [-0.1, -0.05) is 12.1 Å². The smallest absolute Gasteiger partial charge is 0.270 e. The van der Waals surface area contributed by atoms with Gasteiger partial charge in [-0.15, -0.1) is 11.8 Å². The molecule has 0 heterocycles. The standard InChI is InChI=1S/C17H18N2O4S/c1-3-23-17(18-13-7-9-15(24-2)10-8-13)16(20)12-5-4-6-14(11-12)19(21)22/h4-11,17-18H,3H2,1-2H3. The van der Waals surface area contributed by atoms with Crippen LogP contribution in [0.15, 0.2) is 53.4 Å². The van der Waals surface area contributed by atoms with Gasteiger partial charge in [0, 0.05) is 34.9 Å². The van der Waals surface area contributed by atoms with Crippen LogP contribution in [0.1, 0.15) is 17.3 Å². The number of thioether (sulfide) groups is 1. The summed E-state index contributed by atoms with van der Waals surface area (Å²) in [6, 6.07) is 13.2. The normalized spacial score (nSPS) is 11.8. The third kappa shape index (κ3) is 4.56. The van der Waals surface area contributed by atoms with E-state index in [0.29, 0.717) is 6.61 Å². The molecule has 0 spiro atoms. The molecule has 126 valence electrons. The first-order chi connectivity index (χ1) is 11.5. The minimum absolute atomic E-state index is 0.125. The van der Waals surface area contributed by atoms with E-state index in [9.17, 15) is 14.9 Å². The summed E-state index contributed by atoms with van der Waals surface area (Å²) in [5, 5.41) is 13.9. The van der Waals surface area contributed by atoms with Crippen molar-refractivity contribution in [1.82, 2.24) is 0 Å². The molecule has 0 fully saturated rings. The Kier molecular flexibility index (Phi) is 6.34. The van der Waals surface area contributed by atoms with Crippen LogP contribution in [0.2, 0.25) is 0 Å². The average molecular weight is 346 g/mol. The average Bonchev–Trinajstić information content (AvgIpc) is 2.61. The minimum Gasteiger partial charge on any atom is -0.354 e. The van der Waals surface area contributed by atoms with Crippen molar-refractivity contribution in [3.05, 3.63) is 64.2 Å². The Balaban J connectivity index is 2.20. The molecular weight excluding hydrogens is 328 g/mol. The zero-order chi connectivity index (χ0) is 17.5. The van der Waals surface area contributed by atoms with E-state index in [0.717, 1.165) is 10.6 Å². The van der Waals surface area contributed by atoms with Crippen molar-refractivity contribution < 1.29 is 14.5 Å². The van der Waals surface area contributed by atoms with Crippen LogP contribution in [0.3, 0.4) is 0 Å². The highest BCUT2D eigenvalue weighted by atomic mass is 32.2. The van der Waals surface area contributed by atoms with E-state index < -0.39 is 11.2 Å². The Morgan fingerprint density at radius 1 is 1.29 bits per heavy atom. The number of carbonyl (C=O) groups is 1. The number of ketones is 1. The number of hydrogen-bond donors (Lipinski definition) is 1. The number of nitro benzene ring substituents is 1. The van der Waals surface area contributed by atoms with Crippen LogP contribution >= 0.6 is 11.8 Å². The zero-order valence-corrected chi connectivity index (χ0v) is 14.2. The highest BCUT2D eigenvalue weighted by Gasteiger charge is 2.22. The molecule has 1 unspecified atom stereocenters. The van der Waals surface area contributed by atoms with Crippen LogP contribution in [-0.2, 0) is 4.74 Å². The predicted molar refractivity (Wildman–Crippen MR) is 94.7 cm³/mol. The third-order valence-corrected chi connectivity index (χ3v) is 4.04. The first kappa shape index (κ1) is 18.0. The monoisotopic (exact) mass is 346 g/mol. The molecule has 0 aromatic heterocycles. The Labute approximate surface area is 144 Å². The van der Waals surface area contributed by atoms with E-state index in [1.165, 1.54) is 18.2 Å². The Hall–Kier alpha value is -2.38. The lowest BCUT2D eigenvalue weighted by Crippen LogP contribution is -2.32. The molecule has 0 aliphatic heterocycles. The van der Waals surface area contributed by atoms with E-state index in [1.54, 1.807) is 24.8 Å². The van der Waals surface area contributed by atoms with Gasteiger partial charge in [-0.05, 0) is 37.4 Å². The molecule has 2 aromatic rings. The Morgan fingerprint density at radius 3 is 2.58 bits per heavy atom. The molecule has 0 radical (unpaired) electrons. The fraction of sp³-hybridized carbons (Fsp3) is 0.235. The van der Waals surface area contributed by atoms with Crippen LogP contribution in [0.4, 0.5) is 11.4 Å². The van der Waals surface area contributed by atoms with Crippen LogP contribution in [0.5, 0.6) is 0 Å². The van der Waals surface area contributed by atoms with E-state index in [2.05, 4.69) is 5.32 Å². The summed E-state index contributed by atoms with van der Waals surface area (Å²) in [4.78, 5) is 24.1. The topological polar surface area (TPSA) is 81.5 Å². The van der Waals surface area contributed by atoms with Gasteiger partial charge in [0.15, 0.2) is 6.23 Å². The number of benzene rings is 2. The van der Waals surface area contributed by atoms with Crippen molar-refractivity contribution >= 4 is 28.9 Å². The van der Waals surface area contributed by atoms with Crippen LogP contribution in [0, 0.1) is 10.1 Å². The molecule has 6 nitrogen and oxygen atoms in total. The summed E-state index contributed by atoms with van der Waals surface area (Å²) in [7, 11) is 0. The Bertz CT molecular complexity index is 719. The van der Waals surface area contributed by atoms with E-state index >= 15 is 0 Å². The number of ether oxygens (including phenoxy) is 1. The van der Waals surface area contributed by atoms with Gasteiger partial charge in [-0.3, -0.25) is 14.9 Å². The number of Topliss-reactive ketones (excluding diaryl/α,β-unsaturated/α-hetero) is 1. The number of nitro groups is 1. The van der Waals surface area contributed by atoms with E-state index in [1.807, 2.05) is 30.5 Å². The fourth-order valence-electron chi connectivity index (χ4n) is 2.11. The van der Waals surface area contributed by atoms with Gasteiger partial charge in [0.25, 0.3) is 5.69 Å². The predicted octanol–water partition coefficient (Wildman–Crippen LogP) is 3.97. The van der Waals surface area contributed by atoms with E-state index in [-0.39, 0.29) is 17.0 Å². The maximum atomic E-state index is 12.6.